The fraction of sp³-hybridized carbons (Fsp3) is 0.400. The zero-order chi connectivity index (χ0) is 15.8. The van der Waals surface area contributed by atoms with Crippen LogP contribution >= 0.6 is 0 Å². The molecule has 0 aromatic heterocycles. The summed E-state index contributed by atoms with van der Waals surface area (Å²) in [6, 6.07) is 9.00. The largest absolute Gasteiger partial charge is 0.481 e. The molecule has 0 aliphatic rings. The Morgan fingerprint density at radius 1 is 1.29 bits per heavy atom. The van der Waals surface area contributed by atoms with Crippen molar-refractivity contribution in [3.8, 4) is 6.07 Å². The van der Waals surface area contributed by atoms with Crippen molar-refractivity contribution in [2.45, 2.75) is 19.8 Å². The van der Waals surface area contributed by atoms with Crippen molar-refractivity contribution in [2.75, 3.05) is 25.0 Å². The highest BCUT2D eigenvalue weighted by molar-refractivity contribution is 5.93. The number of nitriles is 1. The summed E-state index contributed by atoms with van der Waals surface area (Å²) in [7, 11) is 1.60. The van der Waals surface area contributed by atoms with Gasteiger partial charge in [0, 0.05) is 25.8 Å². The van der Waals surface area contributed by atoms with Gasteiger partial charge in [-0.1, -0.05) is 18.2 Å². The van der Waals surface area contributed by atoms with E-state index in [1.807, 2.05) is 25.1 Å². The highest BCUT2D eigenvalue weighted by atomic mass is 16.4. The van der Waals surface area contributed by atoms with Gasteiger partial charge in [-0.25, -0.2) is 4.79 Å². The molecule has 112 valence electrons. The molecule has 0 atom stereocenters. The maximum absolute atomic E-state index is 12.5. The molecule has 1 rings (SSSR count). The molecule has 0 unspecified atom stereocenters. The number of hydrogen-bond acceptors (Lipinski definition) is 3. The maximum atomic E-state index is 12.5. The van der Waals surface area contributed by atoms with Gasteiger partial charge in [0.2, 0.25) is 0 Å². The lowest BCUT2D eigenvalue weighted by Crippen LogP contribution is -2.43. The van der Waals surface area contributed by atoms with Crippen LogP contribution in [0.1, 0.15) is 18.4 Å². The molecule has 0 aliphatic carbocycles. The summed E-state index contributed by atoms with van der Waals surface area (Å²) in [4.78, 5) is 26.1. The molecule has 0 fully saturated rings. The first kappa shape index (κ1) is 16.5. The van der Waals surface area contributed by atoms with Crippen LogP contribution in [0.3, 0.4) is 0 Å². The smallest absolute Gasteiger partial charge is 0.324 e. The zero-order valence-corrected chi connectivity index (χ0v) is 12.2. The molecule has 1 aromatic rings. The van der Waals surface area contributed by atoms with Crippen LogP contribution in [0.5, 0.6) is 0 Å². The van der Waals surface area contributed by atoms with Crippen LogP contribution in [-0.4, -0.2) is 42.1 Å². The number of urea groups is 1. The van der Waals surface area contributed by atoms with Gasteiger partial charge in [0.15, 0.2) is 0 Å². The minimum atomic E-state index is -0.957. The Hall–Kier alpha value is -2.55. The Kier molecular flexibility index (Phi) is 6.21. The third-order valence-electron chi connectivity index (χ3n) is 3.07. The van der Waals surface area contributed by atoms with Gasteiger partial charge < -0.3 is 10.0 Å². The van der Waals surface area contributed by atoms with Crippen molar-refractivity contribution in [1.29, 1.82) is 5.26 Å². The van der Waals surface area contributed by atoms with Gasteiger partial charge in [-0.05, 0) is 18.6 Å². The molecule has 0 saturated heterocycles. The van der Waals surface area contributed by atoms with E-state index >= 15 is 0 Å². The van der Waals surface area contributed by atoms with Crippen LogP contribution in [0, 0.1) is 18.3 Å². The number of nitrogens with zero attached hydrogens (tertiary/aromatic N) is 3. The number of carboxylic acids is 1. The SMILES string of the molecule is Cc1ccccc1N(CCC(=O)O)C(=O)N(C)CCC#N. The first-order chi connectivity index (χ1) is 9.97. The first-order valence-electron chi connectivity index (χ1n) is 6.64. The maximum Gasteiger partial charge on any atom is 0.324 e. The average molecular weight is 289 g/mol. The van der Waals surface area contributed by atoms with Gasteiger partial charge >= 0.3 is 12.0 Å². The van der Waals surface area contributed by atoms with Crippen LogP contribution in [0.15, 0.2) is 24.3 Å². The van der Waals surface area contributed by atoms with Crippen molar-refractivity contribution in [3.05, 3.63) is 29.8 Å². The summed E-state index contributed by atoms with van der Waals surface area (Å²) in [5.74, 6) is -0.957. The van der Waals surface area contributed by atoms with E-state index in [0.717, 1.165) is 5.56 Å². The number of rotatable bonds is 6. The van der Waals surface area contributed by atoms with Gasteiger partial charge in [0.1, 0.15) is 0 Å². The highest BCUT2D eigenvalue weighted by Crippen LogP contribution is 2.21. The number of para-hydroxylation sites is 1. The Labute approximate surface area is 124 Å². The second-order valence-corrected chi connectivity index (χ2v) is 4.69. The number of hydrogen-bond donors (Lipinski definition) is 1. The van der Waals surface area contributed by atoms with E-state index < -0.39 is 5.97 Å². The standard InChI is InChI=1S/C15H19N3O3/c1-12-6-3-4-7-13(12)18(11-8-14(19)20)15(21)17(2)10-5-9-16/h3-4,6-7H,5,8,10-11H2,1-2H3,(H,19,20). The number of carbonyl (C=O) groups excluding carboxylic acids is 1. The van der Waals surface area contributed by atoms with Crippen LogP contribution in [0.4, 0.5) is 10.5 Å². The lowest BCUT2D eigenvalue weighted by Gasteiger charge is -2.28. The van der Waals surface area contributed by atoms with E-state index in [9.17, 15) is 9.59 Å². The molecule has 0 bridgehead atoms. The number of aryl methyl sites for hydroxylation is 1. The van der Waals surface area contributed by atoms with Crippen LogP contribution in [0.25, 0.3) is 0 Å². The Morgan fingerprint density at radius 3 is 2.52 bits per heavy atom. The summed E-state index contributed by atoms with van der Waals surface area (Å²) >= 11 is 0. The minimum Gasteiger partial charge on any atom is -0.481 e. The van der Waals surface area contributed by atoms with Crippen molar-refractivity contribution < 1.29 is 14.7 Å². The Balaban J connectivity index is 2.97. The lowest BCUT2D eigenvalue weighted by atomic mass is 10.2. The molecule has 6 heteroatoms. The zero-order valence-electron chi connectivity index (χ0n) is 12.2. The fourth-order valence-corrected chi connectivity index (χ4v) is 1.91. The Bertz CT molecular complexity index is 551. The molecular formula is C15H19N3O3. The molecule has 21 heavy (non-hydrogen) atoms. The van der Waals surface area contributed by atoms with E-state index in [2.05, 4.69) is 0 Å². The van der Waals surface area contributed by atoms with E-state index in [4.69, 9.17) is 10.4 Å². The highest BCUT2D eigenvalue weighted by Gasteiger charge is 2.21. The van der Waals surface area contributed by atoms with Gasteiger partial charge in [-0.3, -0.25) is 9.69 Å². The number of aliphatic carboxylic acids is 1. The topological polar surface area (TPSA) is 84.6 Å². The van der Waals surface area contributed by atoms with Gasteiger partial charge in [-0.2, -0.15) is 5.26 Å². The summed E-state index contributed by atoms with van der Waals surface area (Å²) in [6.07, 6.45) is 0.106. The molecule has 0 aliphatic heterocycles. The molecule has 0 saturated carbocycles. The number of anilines is 1. The number of carbonyl (C=O) groups is 2. The van der Waals surface area contributed by atoms with Crippen molar-refractivity contribution >= 4 is 17.7 Å². The third kappa shape index (κ3) is 4.80. The quantitative estimate of drug-likeness (QED) is 0.870. The van der Waals surface area contributed by atoms with Crippen LogP contribution in [-0.2, 0) is 4.79 Å². The lowest BCUT2D eigenvalue weighted by molar-refractivity contribution is -0.136. The monoisotopic (exact) mass is 289 g/mol. The molecule has 1 N–H and O–H groups in total. The normalized spacial score (nSPS) is 9.76. The number of amides is 2. The van der Waals surface area contributed by atoms with Crippen molar-refractivity contribution in [3.63, 3.8) is 0 Å². The van der Waals surface area contributed by atoms with Crippen LogP contribution < -0.4 is 4.90 Å². The summed E-state index contributed by atoms with van der Waals surface area (Å²) < 4.78 is 0. The van der Waals surface area contributed by atoms with E-state index in [-0.39, 0.29) is 25.4 Å². The molecule has 0 heterocycles. The third-order valence-corrected chi connectivity index (χ3v) is 3.07. The predicted octanol–water partition coefficient (Wildman–Crippen LogP) is 2.24. The summed E-state index contributed by atoms with van der Waals surface area (Å²) in [5, 5.41) is 17.4. The van der Waals surface area contributed by atoms with E-state index in [1.54, 1.807) is 19.2 Å². The summed E-state index contributed by atoms with van der Waals surface area (Å²) in [5.41, 5.74) is 1.58. The molecular weight excluding hydrogens is 270 g/mol. The molecule has 0 spiro atoms. The van der Waals surface area contributed by atoms with Gasteiger partial charge in [0.05, 0.1) is 18.9 Å². The number of benzene rings is 1. The molecule has 6 nitrogen and oxygen atoms in total. The molecule has 2 amide bonds. The van der Waals surface area contributed by atoms with Crippen molar-refractivity contribution in [2.24, 2.45) is 0 Å². The first-order valence-corrected chi connectivity index (χ1v) is 6.64. The molecule has 0 radical (unpaired) electrons. The Morgan fingerprint density at radius 2 is 1.95 bits per heavy atom. The summed E-state index contributed by atoms with van der Waals surface area (Å²) in [6.45, 7) is 2.27. The van der Waals surface area contributed by atoms with E-state index in [0.29, 0.717) is 12.2 Å². The van der Waals surface area contributed by atoms with Crippen LogP contribution in [0.2, 0.25) is 0 Å². The molecule has 1 aromatic carbocycles. The van der Waals surface area contributed by atoms with Gasteiger partial charge in [0.25, 0.3) is 0 Å². The van der Waals surface area contributed by atoms with Crippen molar-refractivity contribution in [1.82, 2.24) is 4.90 Å². The number of carboxylic acid groups (broad SMARTS) is 1. The van der Waals surface area contributed by atoms with Gasteiger partial charge in [-0.15, -0.1) is 0 Å². The minimum absolute atomic E-state index is 0.0932. The second kappa shape index (κ2) is 7.90. The predicted molar refractivity (Wildman–Crippen MR) is 79.0 cm³/mol. The van der Waals surface area contributed by atoms with E-state index in [1.165, 1.54) is 9.80 Å². The second-order valence-electron chi connectivity index (χ2n) is 4.69. The fourth-order valence-electron chi connectivity index (χ4n) is 1.91. The average Bonchev–Trinajstić information content (AvgIpc) is 2.46.